The monoisotopic (exact) mass is 132 g/mol. The molecule has 0 saturated heterocycles. The molecule has 0 aromatic rings. The topological polar surface area (TPSA) is 24.5 Å². The number of rotatable bonds is 4. The molecule has 0 radical (unpaired) electrons. The van der Waals surface area contributed by atoms with Crippen LogP contribution in [-0.4, -0.2) is 38.9 Å². The zero-order valence-corrected chi connectivity index (χ0v) is 6.64. The summed E-state index contributed by atoms with van der Waals surface area (Å²) in [6, 6.07) is 0. The minimum Gasteiger partial charge on any atom is -0.380 e. The predicted molar refractivity (Wildman–Crippen MR) is 38.2 cm³/mol. The van der Waals surface area contributed by atoms with Gasteiger partial charge in [-0.3, -0.25) is 10.4 Å². The van der Waals surface area contributed by atoms with Crippen LogP contribution in [0.1, 0.15) is 6.92 Å². The van der Waals surface area contributed by atoms with E-state index in [0.29, 0.717) is 0 Å². The van der Waals surface area contributed by atoms with Gasteiger partial charge in [0.15, 0.2) is 0 Å². The van der Waals surface area contributed by atoms with Crippen LogP contribution in [0.25, 0.3) is 0 Å². The van der Waals surface area contributed by atoms with Gasteiger partial charge in [0.2, 0.25) is 0 Å². The van der Waals surface area contributed by atoms with Crippen LogP contribution >= 0.6 is 0 Å². The Morgan fingerprint density at radius 3 is 2.44 bits per heavy atom. The minimum atomic E-state index is 0.285. The lowest BCUT2D eigenvalue weighted by atomic mass is 10.4. The lowest BCUT2D eigenvalue weighted by molar-refractivity contribution is 0.0979. The van der Waals surface area contributed by atoms with Crippen molar-refractivity contribution >= 4 is 0 Å². The van der Waals surface area contributed by atoms with E-state index in [1.54, 1.807) is 7.11 Å². The van der Waals surface area contributed by atoms with E-state index < -0.39 is 0 Å². The maximum atomic E-state index is 5.01. The Balaban J connectivity index is 3.06. The van der Waals surface area contributed by atoms with Crippen molar-refractivity contribution in [1.29, 1.82) is 0 Å². The van der Waals surface area contributed by atoms with Crippen molar-refractivity contribution in [1.82, 2.24) is 10.4 Å². The van der Waals surface area contributed by atoms with Crippen molar-refractivity contribution in [3.63, 3.8) is 0 Å². The fourth-order valence-corrected chi connectivity index (χ4v) is 0.394. The van der Waals surface area contributed by atoms with Crippen LogP contribution < -0.4 is 5.43 Å². The molecule has 0 aliphatic carbocycles. The standard InChI is InChI=1S/C6H16N2O/c1-6(9-4)5-7-8(2)3/h6-7H,5H2,1-4H3. The fourth-order valence-electron chi connectivity index (χ4n) is 0.394. The van der Waals surface area contributed by atoms with Crippen LogP contribution in [0.2, 0.25) is 0 Å². The van der Waals surface area contributed by atoms with Gasteiger partial charge >= 0.3 is 0 Å². The van der Waals surface area contributed by atoms with E-state index in [4.69, 9.17) is 4.74 Å². The highest BCUT2D eigenvalue weighted by atomic mass is 16.5. The average Bonchev–Trinajstić information content (AvgIpc) is 1.83. The Morgan fingerprint density at radius 2 is 2.11 bits per heavy atom. The summed E-state index contributed by atoms with van der Waals surface area (Å²) < 4.78 is 5.01. The molecule has 1 atom stereocenters. The average molecular weight is 132 g/mol. The molecule has 0 rings (SSSR count). The summed E-state index contributed by atoms with van der Waals surface area (Å²) in [6.45, 7) is 2.89. The molecule has 0 bridgehead atoms. The van der Waals surface area contributed by atoms with Gasteiger partial charge in [0, 0.05) is 27.7 Å². The molecular weight excluding hydrogens is 116 g/mol. The number of ether oxygens (including phenoxy) is 1. The summed E-state index contributed by atoms with van der Waals surface area (Å²) in [7, 11) is 5.63. The smallest absolute Gasteiger partial charge is 0.0681 e. The molecule has 0 aromatic heterocycles. The Morgan fingerprint density at radius 1 is 1.56 bits per heavy atom. The van der Waals surface area contributed by atoms with Crippen molar-refractivity contribution in [2.24, 2.45) is 0 Å². The Bertz CT molecular complexity index is 66.1. The SMILES string of the molecule is COC(C)CNN(C)C. The van der Waals surface area contributed by atoms with Crippen LogP contribution in [0.15, 0.2) is 0 Å². The highest BCUT2D eigenvalue weighted by Gasteiger charge is 1.96. The molecule has 9 heavy (non-hydrogen) atoms. The third kappa shape index (κ3) is 5.76. The number of hydrogen-bond acceptors (Lipinski definition) is 3. The first-order chi connectivity index (χ1) is 4.16. The first kappa shape index (κ1) is 8.88. The van der Waals surface area contributed by atoms with E-state index in [1.807, 2.05) is 26.0 Å². The second-order valence-corrected chi connectivity index (χ2v) is 2.30. The second-order valence-electron chi connectivity index (χ2n) is 2.30. The normalized spacial score (nSPS) is 14.3. The van der Waals surface area contributed by atoms with Crippen LogP contribution in [0, 0.1) is 0 Å². The maximum absolute atomic E-state index is 5.01. The largest absolute Gasteiger partial charge is 0.380 e. The predicted octanol–water partition coefficient (Wildman–Crippen LogP) is 0.0875. The Hall–Kier alpha value is -0.120. The van der Waals surface area contributed by atoms with Gasteiger partial charge in [-0.15, -0.1) is 0 Å². The lowest BCUT2D eigenvalue weighted by Gasteiger charge is -2.15. The molecule has 0 heterocycles. The van der Waals surface area contributed by atoms with E-state index >= 15 is 0 Å². The van der Waals surface area contributed by atoms with E-state index in [2.05, 4.69) is 5.43 Å². The van der Waals surface area contributed by atoms with Gasteiger partial charge < -0.3 is 4.74 Å². The van der Waals surface area contributed by atoms with Crippen molar-refractivity contribution < 1.29 is 4.74 Å². The molecule has 0 saturated carbocycles. The van der Waals surface area contributed by atoms with Crippen molar-refractivity contribution in [3.8, 4) is 0 Å². The third-order valence-electron chi connectivity index (χ3n) is 1.10. The van der Waals surface area contributed by atoms with Crippen LogP contribution in [0.5, 0.6) is 0 Å². The van der Waals surface area contributed by atoms with Crippen molar-refractivity contribution in [2.45, 2.75) is 13.0 Å². The fraction of sp³-hybridized carbons (Fsp3) is 1.00. The highest BCUT2D eigenvalue weighted by molar-refractivity contribution is 4.49. The number of methoxy groups -OCH3 is 1. The quantitative estimate of drug-likeness (QED) is 0.548. The van der Waals surface area contributed by atoms with Crippen LogP contribution in [-0.2, 0) is 4.74 Å². The number of hydrazine groups is 1. The first-order valence-corrected chi connectivity index (χ1v) is 3.10. The zero-order valence-electron chi connectivity index (χ0n) is 6.64. The molecule has 0 aliphatic heterocycles. The number of nitrogens with one attached hydrogen (secondary N) is 1. The van der Waals surface area contributed by atoms with Crippen LogP contribution in [0.4, 0.5) is 0 Å². The van der Waals surface area contributed by atoms with Gasteiger partial charge in [0.1, 0.15) is 0 Å². The van der Waals surface area contributed by atoms with E-state index in [1.165, 1.54) is 0 Å². The Kier molecular flexibility index (Phi) is 4.67. The number of nitrogens with zero attached hydrogens (tertiary/aromatic N) is 1. The second kappa shape index (κ2) is 4.73. The van der Waals surface area contributed by atoms with Gasteiger partial charge in [-0.25, -0.2) is 0 Å². The summed E-state index contributed by atoms with van der Waals surface area (Å²) in [6.07, 6.45) is 0.285. The summed E-state index contributed by atoms with van der Waals surface area (Å²) in [5.41, 5.74) is 3.10. The molecule has 0 amide bonds. The van der Waals surface area contributed by atoms with Gasteiger partial charge in [-0.05, 0) is 6.92 Å². The molecule has 0 spiro atoms. The third-order valence-corrected chi connectivity index (χ3v) is 1.10. The molecule has 56 valence electrons. The first-order valence-electron chi connectivity index (χ1n) is 3.10. The molecule has 0 aromatic carbocycles. The van der Waals surface area contributed by atoms with E-state index in [9.17, 15) is 0 Å². The van der Waals surface area contributed by atoms with E-state index in [0.717, 1.165) is 6.54 Å². The summed E-state index contributed by atoms with van der Waals surface area (Å²) >= 11 is 0. The highest BCUT2D eigenvalue weighted by Crippen LogP contribution is 1.82. The summed E-state index contributed by atoms with van der Waals surface area (Å²) in [4.78, 5) is 0. The zero-order chi connectivity index (χ0) is 7.28. The molecule has 0 fully saturated rings. The summed E-state index contributed by atoms with van der Waals surface area (Å²) in [5.74, 6) is 0. The molecular formula is C6H16N2O. The minimum absolute atomic E-state index is 0.285. The maximum Gasteiger partial charge on any atom is 0.0681 e. The van der Waals surface area contributed by atoms with Crippen molar-refractivity contribution in [2.75, 3.05) is 27.7 Å². The Labute approximate surface area is 57.0 Å². The van der Waals surface area contributed by atoms with Gasteiger partial charge in [0.05, 0.1) is 6.10 Å². The van der Waals surface area contributed by atoms with Gasteiger partial charge in [-0.1, -0.05) is 0 Å². The molecule has 1 unspecified atom stereocenters. The lowest BCUT2D eigenvalue weighted by Crippen LogP contribution is -2.36. The molecule has 0 aliphatic rings. The van der Waals surface area contributed by atoms with Gasteiger partial charge in [0.25, 0.3) is 0 Å². The molecule has 1 N–H and O–H groups in total. The molecule has 3 nitrogen and oxygen atoms in total. The van der Waals surface area contributed by atoms with Gasteiger partial charge in [-0.2, -0.15) is 0 Å². The summed E-state index contributed by atoms with van der Waals surface area (Å²) in [5, 5.41) is 1.91. The van der Waals surface area contributed by atoms with Crippen LogP contribution in [0.3, 0.4) is 0 Å². The van der Waals surface area contributed by atoms with E-state index in [-0.39, 0.29) is 6.10 Å². The molecule has 3 heteroatoms. The van der Waals surface area contributed by atoms with Crippen molar-refractivity contribution in [3.05, 3.63) is 0 Å². The number of hydrogen-bond donors (Lipinski definition) is 1.